The maximum absolute atomic E-state index is 11.9. The van der Waals surface area contributed by atoms with E-state index in [4.69, 9.17) is 27.9 Å². The van der Waals surface area contributed by atoms with Gasteiger partial charge in [-0.2, -0.15) is 0 Å². The molecule has 2 heterocycles. The van der Waals surface area contributed by atoms with Crippen molar-refractivity contribution < 1.29 is 4.74 Å². The molecule has 0 aliphatic carbocycles. The first-order valence-corrected chi connectivity index (χ1v) is 9.95. The molecule has 152 valence electrons. The van der Waals surface area contributed by atoms with Crippen molar-refractivity contribution in [1.29, 1.82) is 0 Å². The number of halogens is 2. The minimum Gasteiger partial charge on any atom is -0.490 e. The number of anilines is 1. The van der Waals surface area contributed by atoms with Gasteiger partial charge in [0, 0.05) is 52.4 Å². The first-order valence-electron chi connectivity index (χ1n) is 9.20. The van der Waals surface area contributed by atoms with Crippen LogP contribution in [0.5, 0.6) is 5.75 Å². The van der Waals surface area contributed by atoms with Gasteiger partial charge in [0.25, 0.3) is 5.56 Å². The van der Waals surface area contributed by atoms with Crippen molar-refractivity contribution in [1.82, 2.24) is 14.0 Å². The summed E-state index contributed by atoms with van der Waals surface area (Å²) in [4.78, 5) is 26.1. The fraction of sp³-hybridized carbons (Fsp3) is 0.474. The van der Waals surface area contributed by atoms with Crippen LogP contribution in [0.15, 0.2) is 33.9 Å². The second kappa shape index (κ2) is 9.03. The smallest absolute Gasteiger partial charge is 0.332 e. The van der Waals surface area contributed by atoms with Crippen LogP contribution in [-0.4, -0.2) is 46.3 Å². The SMILES string of the molecule is Cn1c(NCCN2CCC(Oc3ccc(Cl)c(Cl)c3)CC2)cc(=O)n(C)c1=O. The van der Waals surface area contributed by atoms with Crippen LogP contribution < -0.4 is 21.3 Å². The van der Waals surface area contributed by atoms with Gasteiger partial charge in [0.05, 0.1) is 10.0 Å². The molecule has 0 bridgehead atoms. The molecule has 0 saturated carbocycles. The lowest BCUT2D eigenvalue weighted by Gasteiger charge is -2.32. The second-order valence-electron chi connectivity index (χ2n) is 6.93. The first-order chi connectivity index (χ1) is 13.3. The van der Waals surface area contributed by atoms with Crippen molar-refractivity contribution in [2.75, 3.05) is 31.5 Å². The van der Waals surface area contributed by atoms with Crippen molar-refractivity contribution in [2.45, 2.75) is 18.9 Å². The van der Waals surface area contributed by atoms with E-state index in [1.807, 2.05) is 6.07 Å². The van der Waals surface area contributed by atoms with Crippen LogP contribution in [0.1, 0.15) is 12.8 Å². The molecule has 0 radical (unpaired) electrons. The molecule has 1 aromatic heterocycles. The Hall–Kier alpha value is -1.96. The molecule has 1 aromatic carbocycles. The van der Waals surface area contributed by atoms with E-state index in [1.54, 1.807) is 19.2 Å². The zero-order valence-corrected chi connectivity index (χ0v) is 17.5. The van der Waals surface area contributed by atoms with Gasteiger partial charge in [-0.25, -0.2) is 4.79 Å². The van der Waals surface area contributed by atoms with E-state index in [-0.39, 0.29) is 17.4 Å². The number of nitrogens with zero attached hydrogens (tertiary/aromatic N) is 3. The summed E-state index contributed by atoms with van der Waals surface area (Å²) in [6, 6.07) is 6.76. The topological polar surface area (TPSA) is 68.5 Å². The second-order valence-corrected chi connectivity index (χ2v) is 7.74. The summed E-state index contributed by atoms with van der Waals surface area (Å²) in [6.45, 7) is 3.31. The molecule has 1 N–H and O–H groups in total. The third-order valence-electron chi connectivity index (χ3n) is 4.99. The van der Waals surface area contributed by atoms with Crippen molar-refractivity contribution in [2.24, 2.45) is 14.1 Å². The van der Waals surface area contributed by atoms with E-state index in [1.165, 1.54) is 17.7 Å². The fourth-order valence-electron chi connectivity index (χ4n) is 3.24. The van der Waals surface area contributed by atoms with Gasteiger partial charge in [0.15, 0.2) is 0 Å². The molecule has 28 heavy (non-hydrogen) atoms. The number of hydrogen-bond acceptors (Lipinski definition) is 5. The monoisotopic (exact) mass is 426 g/mol. The van der Waals surface area contributed by atoms with Gasteiger partial charge in [-0.05, 0) is 25.0 Å². The van der Waals surface area contributed by atoms with Gasteiger partial charge in [-0.3, -0.25) is 13.9 Å². The van der Waals surface area contributed by atoms with Crippen LogP contribution >= 0.6 is 23.2 Å². The van der Waals surface area contributed by atoms with E-state index in [0.717, 1.165) is 42.8 Å². The van der Waals surface area contributed by atoms with Gasteiger partial charge in [-0.1, -0.05) is 23.2 Å². The molecule has 1 aliphatic heterocycles. The van der Waals surface area contributed by atoms with Gasteiger partial charge in [0.1, 0.15) is 17.7 Å². The van der Waals surface area contributed by atoms with Crippen LogP contribution in [0.4, 0.5) is 5.82 Å². The minimum absolute atomic E-state index is 0.152. The van der Waals surface area contributed by atoms with Crippen LogP contribution in [0.25, 0.3) is 0 Å². The zero-order valence-electron chi connectivity index (χ0n) is 16.0. The van der Waals surface area contributed by atoms with Crippen LogP contribution in [0.2, 0.25) is 10.0 Å². The largest absolute Gasteiger partial charge is 0.490 e. The van der Waals surface area contributed by atoms with Crippen molar-refractivity contribution in [3.8, 4) is 5.75 Å². The van der Waals surface area contributed by atoms with E-state index < -0.39 is 0 Å². The maximum atomic E-state index is 11.9. The lowest BCUT2D eigenvalue weighted by Crippen LogP contribution is -2.41. The Morgan fingerprint density at radius 1 is 1.07 bits per heavy atom. The van der Waals surface area contributed by atoms with E-state index in [2.05, 4.69) is 10.2 Å². The highest BCUT2D eigenvalue weighted by Gasteiger charge is 2.20. The number of aromatic nitrogens is 2. The average Bonchev–Trinajstić information content (AvgIpc) is 2.68. The third-order valence-corrected chi connectivity index (χ3v) is 5.73. The summed E-state index contributed by atoms with van der Waals surface area (Å²) in [5.74, 6) is 1.27. The Bertz CT molecular complexity index is 949. The summed E-state index contributed by atoms with van der Waals surface area (Å²) in [5.41, 5.74) is -0.652. The summed E-state index contributed by atoms with van der Waals surface area (Å²) in [6.07, 6.45) is 1.99. The Labute approximate surface area is 173 Å². The highest BCUT2D eigenvalue weighted by molar-refractivity contribution is 6.42. The van der Waals surface area contributed by atoms with E-state index >= 15 is 0 Å². The van der Waals surface area contributed by atoms with Crippen LogP contribution in [-0.2, 0) is 14.1 Å². The zero-order chi connectivity index (χ0) is 20.3. The molecule has 0 atom stereocenters. The lowest BCUT2D eigenvalue weighted by atomic mass is 10.1. The highest BCUT2D eigenvalue weighted by Crippen LogP contribution is 2.28. The minimum atomic E-state index is -0.338. The maximum Gasteiger partial charge on any atom is 0.332 e. The Morgan fingerprint density at radius 3 is 2.46 bits per heavy atom. The summed E-state index contributed by atoms with van der Waals surface area (Å²) < 4.78 is 8.54. The third kappa shape index (κ3) is 4.90. The molecule has 0 unspecified atom stereocenters. The Morgan fingerprint density at radius 2 is 1.79 bits per heavy atom. The lowest BCUT2D eigenvalue weighted by molar-refractivity contribution is 0.103. The molecule has 1 saturated heterocycles. The number of likely N-dealkylation sites (tertiary alicyclic amines) is 1. The molecule has 2 aromatic rings. The average molecular weight is 427 g/mol. The fourth-order valence-corrected chi connectivity index (χ4v) is 3.53. The van der Waals surface area contributed by atoms with Gasteiger partial charge in [-0.15, -0.1) is 0 Å². The molecule has 1 aliphatic rings. The number of benzene rings is 1. The molecule has 3 rings (SSSR count). The molecule has 1 fully saturated rings. The molecular formula is C19H24Cl2N4O3. The standard InChI is InChI=1S/C19H24Cl2N4O3/c1-23-17(12-18(26)24(2)19(23)27)22-7-10-25-8-5-13(6-9-25)28-14-3-4-15(20)16(21)11-14/h3-4,11-13,22H,5-10H2,1-2H3. The van der Waals surface area contributed by atoms with Crippen molar-refractivity contribution in [3.63, 3.8) is 0 Å². The van der Waals surface area contributed by atoms with Crippen molar-refractivity contribution >= 4 is 29.0 Å². The number of hydrogen-bond donors (Lipinski definition) is 1. The highest BCUT2D eigenvalue weighted by atomic mass is 35.5. The van der Waals surface area contributed by atoms with Gasteiger partial charge in [0.2, 0.25) is 0 Å². The van der Waals surface area contributed by atoms with Gasteiger partial charge >= 0.3 is 5.69 Å². The predicted molar refractivity (Wildman–Crippen MR) is 112 cm³/mol. The van der Waals surface area contributed by atoms with E-state index in [0.29, 0.717) is 22.4 Å². The Kier molecular flexibility index (Phi) is 6.69. The van der Waals surface area contributed by atoms with Crippen molar-refractivity contribution in [3.05, 3.63) is 55.1 Å². The summed E-state index contributed by atoms with van der Waals surface area (Å²) in [7, 11) is 3.12. The molecule has 0 amide bonds. The first kappa shape index (κ1) is 20.8. The van der Waals surface area contributed by atoms with E-state index in [9.17, 15) is 9.59 Å². The number of rotatable bonds is 6. The number of nitrogens with one attached hydrogen (secondary N) is 1. The quantitative estimate of drug-likeness (QED) is 0.767. The Balaban J connectivity index is 1.45. The molecule has 9 heteroatoms. The predicted octanol–water partition coefficient (Wildman–Crippen LogP) is 2.35. The number of piperidine rings is 1. The summed E-state index contributed by atoms with van der Waals surface area (Å²) >= 11 is 12.0. The number of ether oxygens (including phenoxy) is 1. The molecular weight excluding hydrogens is 403 g/mol. The normalized spacial score (nSPS) is 15.6. The van der Waals surface area contributed by atoms with Crippen LogP contribution in [0, 0.1) is 0 Å². The summed E-state index contributed by atoms with van der Waals surface area (Å²) in [5, 5.41) is 4.19. The molecule has 0 spiro atoms. The molecule has 7 nitrogen and oxygen atoms in total. The van der Waals surface area contributed by atoms with Crippen LogP contribution in [0.3, 0.4) is 0 Å². The van der Waals surface area contributed by atoms with Gasteiger partial charge < -0.3 is 15.0 Å².